The van der Waals surface area contributed by atoms with Gasteiger partial charge in [-0.15, -0.1) is 0 Å². The molecule has 2 N–H and O–H groups in total. The molecule has 0 aromatic carbocycles. The van der Waals surface area contributed by atoms with Gasteiger partial charge in [-0.1, -0.05) is 40.0 Å². The fourth-order valence-corrected chi connectivity index (χ4v) is 2.58. The summed E-state index contributed by atoms with van der Waals surface area (Å²) in [4.78, 5) is 0. The predicted octanol–water partition coefficient (Wildman–Crippen LogP) is 2.95. The van der Waals surface area contributed by atoms with Crippen molar-refractivity contribution in [2.45, 2.75) is 65.3 Å². The van der Waals surface area contributed by atoms with Crippen molar-refractivity contribution in [3.05, 3.63) is 0 Å². The van der Waals surface area contributed by atoms with Gasteiger partial charge in [0.2, 0.25) is 0 Å². The van der Waals surface area contributed by atoms with Crippen molar-refractivity contribution >= 4 is 0 Å². The predicted molar refractivity (Wildman–Crippen MR) is 69.5 cm³/mol. The van der Waals surface area contributed by atoms with E-state index in [1.807, 2.05) is 0 Å². The second kappa shape index (κ2) is 6.61. The van der Waals surface area contributed by atoms with Crippen molar-refractivity contribution in [3.63, 3.8) is 0 Å². The van der Waals surface area contributed by atoms with Crippen molar-refractivity contribution < 1.29 is 5.11 Å². The molecule has 1 fully saturated rings. The lowest BCUT2D eigenvalue weighted by Gasteiger charge is -2.27. The van der Waals surface area contributed by atoms with E-state index in [0.717, 1.165) is 12.5 Å². The van der Waals surface area contributed by atoms with Crippen molar-refractivity contribution in [1.82, 2.24) is 5.32 Å². The van der Waals surface area contributed by atoms with Crippen LogP contribution in [-0.2, 0) is 0 Å². The van der Waals surface area contributed by atoms with Crippen molar-refractivity contribution in [1.29, 1.82) is 0 Å². The van der Waals surface area contributed by atoms with E-state index in [4.69, 9.17) is 0 Å². The Morgan fingerprint density at radius 2 is 2.06 bits per heavy atom. The Morgan fingerprint density at radius 1 is 1.31 bits per heavy atom. The third-order valence-corrected chi connectivity index (χ3v) is 3.86. The summed E-state index contributed by atoms with van der Waals surface area (Å²) in [7, 11) is 0. The van der Waals surface area contributed by atoms with Crippen molar-refractivity contribution in [3.8, 4) is 0 Å². The minimum absolute atomic E-state index is 0.0257. The molecule has 0 aromatic heterocycles. The summed E-state index contributed by atoms with van der Waals surface area (Å²) in [5.74, 6) is 0.884. The van der Waals surface area contributed by atoms with E-state index in [-0.39, 0.29) is 12.0 Å². The lowest BCUT2D eigenvalue weighted by Crippen LogP contribution is -2.40. The van der Waals surface area contributed by atoms with Crippen LogP contribution < -0.4 is 5.32 Å². The van der Waals surface area contributed by atoms with Crippen LogP contribution in [0.2, 0.25) is 0 Å². The first-order valence-electron chi connectivity index (χ1n) is 6.93. The largest absolute Gasteiger partial charge is 0.396 e. The molecule has 0 aliphatic heterocycles. The summed E-state index contributed by atoms with van der Waals surface area (Å²) in [6.45, 7) is 7.72. The first kappa shape index (κ1) is 14.0. The zero-order valence-corrected chi connectivity index (χ0v) is 11.3. The van der Waals surface area contributed by atoms with Gasteiger partial charge in [0, 0.05) is 24.6 Å². The van der Waals surface area contributed by atoms with Crippen molar-refractivity contribution in [2.75, 3.05) is 13.2 Å². The Morgan fingerprint density at radius 3 is 2.69 bits per heavy atom. The fraction of sp³-hybridized carbons (Fsp3) is 1.00. The maximum Gasteiger partial charge on any atom is 0.0494 e. The second-order valence-corrected chi connectivity index (χ2v) is 6.14. The smallest absolute Gasteiger partial charge is 0.0494 e. The van der Waals surface area contributed by atoms with Crippen LogP contribution in [0.5, 0.6) is 0 Å². The number of aliphatic hydroxyl groups is 1. The van der Waals surface area contributed by atoms with Gasteiger partial charge in [-0.3, -0.25) is 0 Å². The zero-order valence-electron chi connectivity index (χ0n) is 11.3. The van der Waals surface area contributed by atoms with Crippen LogP contribution in [0.15, 0.2) is 0 Å². The second-order valence-electron chi connectivity index (χ2n) is 6.14. The molecule has 1 aliphatic rings. The minimum Gasteiger partial charge on any atom is -0.396 e. The Bertz CT molecular complexity index is 191. The van der Waals surface area contributed by atoms with Gasteiger partial charge in [0.15, 0.2) is 0 Å². The SMILES string of the molecule is CCCCC1CCCC1NCC(C)(C)CO. The molecule has 0 spiro atoms. The lowest BCUT2D eigenvalue weighted by atomic mass is 9.92. The van der Waals surface area contributed by atoms with E-state index in [2.05, 4.69) is 26.1 Å². The van der Waals surface area contributed by atoms with E-state index in [1.54, 1.807) is 0 Å². The molecule has 0 radical (unpaired) electrons. The molecule has 1 aliphatic carbocycles. The summed E-state index contributed by atoms with van der Waals surface area (Å²) in [6.07, 6.45) is 8.17. The zero-order chi connectivity index (χ0) is 12.0. The molecule has 2 atom stereocenters. The number of rotatable bonds is 7. The number of nitrogens with one attached hydrogen (secondary N) is 1. The van der Waals surface area contributed by atoms with Gasteiger partial charge in [-0.25, -0.2) is 0 Å². The molecule has 2 nitrogen and oxygen atoms in total. The van der Waals surface area contributed by atoms with Crippen LogP contribution in [0.25, 0.3) is 0 Å². The molecule has 1 rings (SSSR count). The van der Waals surface area contributed by atoms with Gasteiger partial charge in [0.1, 0.15) is 0 Å². The number of unbranched alkanes of at least 4 members (excludes halogenated alkanes) is 1. The Labute approximate surface area is 101 Å². The van der Waals surface area contributed by atoms with Crippen molar-refractivity contribution in [2.24, 2.45) is 11.3 Å². The molecular formula is C14H29NO. The fourth-order valence-electron chi connectivity index (χ4n) is 2.58. The van der Waals surface area contributed by atoms with E-state index in [0.29, 0.717) is 6.04 Å². The molecule has 96 valence electrons. The minimum atomic E-state index is 0.0257. The molecule has 0 aromatic rings. The third kappa shape index (κ3) is 4.42. The summed E-state index contributed by atoms with van der Waals surface area (Å²) in [5, 5.41) is 12.9. The molecule has 1 saturated carbocycles. The molecule has 0 bridgehead atoms. The maximum absolute atomic E-state index is 9.24. The summed E-state index contributed by atoms with van der Waals surface area (Å²) < 4.78 is 0. The maximum atomic E-state index is 9.24. The average Bonchev–Trinajstić information content (AvgIpc) is 2.71. The normalized spacial score (nSPS) is 26.2. The van der Waals surface area contributed by atoms with Crippen LogP contribution in [0, 0.1) is 11.3 Å². The molecule has 0 heterocycles. The van der Waals surface area contributed by atoms with Gasteiger partial charge in [-0.2, -0.15) is 0 Å². The van der Waals surface area contributed by atoms with Gasteiger partial charge >= 0.3 is 0 Å². The molecule has 2 heteroatoms. The van der Waals surface area contributed by atoms with E-state index < -0.39 is 0 Å². The Hall–Kier alpha value is -0.0800. The first-order chi connectivity index (χ1) is 7.59. The van der Waals surface area contributed by atoms with Gasteiger partial charge in [0.05, 0.1) is 0 Å². The topological polar surface area (TPSA) is 32.3 Å². The van der Waals surface area contributed by atoms with Crippen LogP contribution in [0.1, 0.15) is 59.3 Å². The highest BCUT2D eigenvalue weighted by atomic mass is 16.3. The van der Waals surface area contributed by atoms with Crippen LogP contribution in [0.4, 0.5) is 0 Å². The standard InChI is InChI=1S/C14H29NO/c1-4-5-7-12-8-6-9-13(12)15-10-14(2,3)11-16/h12-13,15-16H,4-11H2,1-3H3. The number of aliphatic hydroxyl groups excluding tert-OH is 1. The first-order valence-corrected chi connectivity index (χ1v) is 6.93. The quantitative estimate of drug-likeness (QED) is 0.701. The van der Waals surface area contributed by atoms with Crippen LogP contribution in [-0.4, -0.2) is 24.3 Å². The highest BCUT2D eigenvalue weighted by molar-refractivity contribution is 4.85. The molecule has 0 amide bonds. The lowest BCUT2D eigenvalue weighted by molar-refractivity contribution is 0.149. The van der Waals surface area contributed by atoms with Gasteiger partial charge < -0.3 is 10.4 Å². The molecule has 16 heavy (non-hydrogen) atoms. The highest BCUT2D eigenvalue weighted by Crippen LogP contribution is 2.30. The van der Waals surface area contributed by atoms with Crippen LogP contribution in [0.3, 0.4) is 0 Å². The monoisotopic (exact) mass is 227 g/mol. The number of hydrogen-bond acceptors (Lipinski definition) is 2. The Balaban J connectivity index is 2.29. The molecule has 0 saturated heterocycles. The van der Waals surface area contributed by atoms with Crippen LogP contribution >= 0.6 is 0 Å². The summed E-state index contributed by atoms with van der Waals surface area (Å²) >= 11 is 0. The highest BCUT2D eigenvalue weighted by Gasteiger charge is 2.28. The van der Waals surface area contributed by atoms with Gasteiger partial charge in [-0.05, 0) is 25.2 Å². The summed E-state index contributed by atoms with van der Waals surface area (Å²) in [6, 6.07) is 0.706. The molecule has 2 unspecified atom stereocenters. The van der Waals surface area contributed by atoms with E-state index in [1.165, 1.54) is 38.5 Å². The van der Waals surface area contributed by atoms with Gasteiger partial charge in [0.25, 0.3) is 0 Å². The molecular weight excluding hydrogens is 198 g/mol. The summed E-state index contributed by atoms with van der Waals surface area (Å²) in [5.41, 5.74) is 0.0257. The Kier molecular flexibility index (Phi) is 5.77. The number of hydrogen-bond donors (Lipinski definition) is 2. The van der Waals surface area contributed by atoms with E-state index in [9.17, 15) is 5.11 Å². The van der Waals surface area contributed by atoms with E-state index >= 15 is 0 Å². The third-order valence-electron chi connectivity index (χ3n) is 3.86. The average molecular weight is 227 g/mol.